The molecule has 4 aromatic heterocycles. The standard InChI is InChI=1S/C84H126N4O4S4/c1-11-17-23-29-35-37-41-47-53-65(51-45-39-31-25-19-13-3)87-76(67-56-55-61(7)93-67)72-73(84(87)92)77(88(83(72)91)66(52-46-40-32-26-20-14-4)54-48-42-38-36-30-24-18-12-2)68-57-58-69(95-68)78-75-71(63(9)86(82(75)90)60-50-44-34-28-22-16-6)79(96-78)80-74-70(64(10)94-80)62(8)85(81(74)89)59-49-43-33-27-21-15-5/h55-58,65-66H,8-9,11-54,59-60H2,1-7,10H3. The van der Waals surface area contributed by atoms with Crippen molar-refractivity contribution in [3.05, 3.63) is 90.3 Å². The topological polar surface area (TPSA) is 81.2 Å². The van der Waals surface area contributed by atoms with Gasteiger partial charge in [0.05, 0.1) is 58.1 Å². The first-order valence-corrected chi connectivity index (χ1v) is 42.8. The lowest BCUT2D eigenvalue weighted by Crippen LogP contribution is -2.39. The maximum Gasteiger partial charge on any atom is 0.261 e. The van der Waals surface area contributed by atoms with Gasteiger partial charge in [0.1, 0.15) is 0 Å². The Morgan fingerprint density at radius 1 is 0.323 bits per heavy atom. The second-order valence-electron chi connectivity index (χ2n) is 28.9. The van der Waals surface area contributed by atoms with Crippen molar-refractivity contribution in [2.45, 2.75) is 350 Å². The van der Waals surface area contributed by atoms with Gasteiger partial charge < -0.3 is 19.6 Å². The molecule has 0 radical (unpaired) electrons. The molecule has 0 aliphatic carbocycles. The van der Waals surface area contributed by atoms with E-state index in [9.17, 15) is 4.79 Å². The van der Waals surface area contributed by atoms with Crippen molar-refractivity contribution in [2.75, 3.05) is 13.1 Å². The number of hydrogen-bond donors (Lipinski definition) is 0. The number of carbonyl (C=O) groups excluding carboxylic acids is 4. The summed E-state index contributed by atoms with van der Waals surface area (Å²) in [6.45, 7) is 28.5. The number of hydrogen-bond acceptors (Lipinski definition) is 8. The second kappa shape index (κ2) is 40.8. The van der Waals surface area contributed by atoms with Crippen molar-refractivity contribution in [1.29, 1.82) is 0 Å². The normalized spacial score (nSPS) is 15.4. The Morgan fingerprint density at radius 3 is 1.01 bits per heavy atom. The van der Waals surface area contributed by atoms with Crippen LogP contribution in [0.3, 0.4) is 0 Å². The Balaban J connectivity index is 1.26. The lowest BCUT2D eigenvalue weighted by molar-refractivity contribution is -0.125. The maximum atomic E-state index is 16.6. The average molecular weight is 1380 g/mol. The molecule has 0 aromatic carbocycles. The molecular weight excluding hydrogens is 1260 g/mol. The van der Waals surface area contributed by atoms with Gasteiger partial charge in [0.15, 0.2) is 0 Å². The largest absolute Gasteiger partial charge is 0.308 e. The van der Waals surface area contributed by atoms with E-state index in [4.69, 9.17) is 6.58 Å². The van der Waals surface area contributed by atoms with Crippen molar-refractivity contribution < 1.29 is 19.2 Å². The summed E-state index contributed by atoms with van der Waals surface area (Å²) in [6, 6.07) is 8.61. The highest BCUT2D eigenvalue weighted by atomic mass is 32.1. The summed E-state index contributed by atoms with van der Waals surface area (Å²) in [7, 11) is 0. The summed E-state index contributed by atoms with van der Waals surface area (Å²) in [4.78, 5) is 79.7. The molecule has 8 nitrogen and oxygen atoms in total. The van der Waals surface area contributed by atoms with Crippen LogP contribution < -0.4 is 0 Å². The minimum absolute atomic E-state index is 0.00835. The van der Waals surface area contributed by atoms with Gasteiger partial charge in [-0.05, 0) is 76.6 Å². The van der Waals surface area contributed by atoms with E-state index in [1.54, 1.807) is 45.3 Å². The van der Waals surface area contributed by atoms with Gasteiger partial charge in [0.2, 0.25) is 0 Å². The quantitative estimate of drug-likeness (QED) is 0.0413. The summed E-state index contributed by atoms with van der Waals surface area (Å²) in [5.41, 5.74) is 7.47. The highest BCUT2D eigenvalue weighted by molar-refractivity contribution is 7.27. The summed E-state index contributed by atoms with van der Waals surface area (Å²) in [5.74, 6) is -0.0414. The van der Waals surface area contributed by atoms with Crippen LogP contribution in [-0.2, 0) is 9.59 Å². The molecule has 0 spiro atoms. The number of thiophene rings is 4. The van der Waals surface area contributed by atoms with Crippen molar-refractivity contribution in [2.24, 2.45) is 0 Å². The molecule has 12 heteroatoms. The number of fused-ring (bicyclic) bond motifs is 3. The molecule has 4 aliphatic heterocycles. The smallest absolute Gasteiger partial charge is 0.261 e. The zero-order valence-corrected chi connectivity index (χ0v) is 64.7. The monoisotopic (exact) mass is 1380 g/mol. The van der Waals surface area contributed by atoms with E-state index in [1.165, 1.54) is 178 Å². The van der Waals surface area contributed by atoms with Gasteiger partial charge in [-0.2, -0.15) is 0 Å². The van der Waals surface area contributed by atoms with E-state index < -0.39 is 0 Å². The highest BCUT2D eigenvalue weighted by Crippen LogP contribution is 2.58. The van der Waals surface area contributed by atoms with Crippen molar-refractivity contribution in [1.82, 2.24) is 19.6 Å². The number of nitrogens with zero attached hydrogens (tertiary/aromatic N) is 4. The molecule has 4 aliphatic rings. The Hall–Kier alpha value is -4.36. The Bertz CT molecular complexity index is 3220. The lowest BCUT2D eigenvalue weighted by atomic mass is 9.97. The zero-order chi connectivity index (χ0) is 68.3. The van der Waals surface area contributed by atoms with Crippen LogP contribution in [-0.4, -0.2) is 68.4 Å². The van der Waals surface area contributed by atoms with Gasteiger partial charge in [-0.3, -0.25) is 19.2 Å². The summed E-state index contributed by atoms with van der Waals surface area (Å²) in [5, 5.41) is 0. The minimum atomic E-state index is -0.0752. The minimum Gasteiger partial charge on any atom is -0.308 e. The van der Waals surface area contributed by atoms with Crippen LogP contribution >= 0.6 is 45.3 Å². The molecule has 8 heterocycles. The van der Waals surface area contributed by atoms with Crippen LogP contribution in [0.25, 0.3) is 42.3 Å². The van der Waals surface area contributed by atoms with Crippen LogP contribution in [0.4, 0.5) is 0 Å². The van der Waals surface area contributed by atoms with Crippen LogP contribution in [0.15, 0.2) is 48.6 Å². The number of unbranched alkanes of at least 4 members (excludes halogenated alkanes) is 34. The summed E-state index contributed by atoms with van der Waals surface area (Å²) < 4.78 is 0. The van der Waals surface area contributed by atoms with Crippen molar-refractivity contribution in [3.63, 3.8) is 0 Å². The first-order valence-electron chi connectivity index (χ1n) is 39.5. The van der Waals surface area contributed by atoms with Crippen LogP contribution in [0, 0.1) is 13.8 Å². The number of carbonyl (C=O) groups is 4. The molecular formula is C84H126N4O4S4. The van der Waals surface area contributed by atoms with Crippen LogP contribution in [0.5, 0.6) is 0 Å². The van der Waals surface area contributed by atoms with Gasteiger partial charge >= 0.3 is 0 Å². The highest BCUT2D eigenvalue weighted by Gasteiger charge is 2.53. The van der Waals surface area contributed by atoms with Crippen LogP contribution in [0.2, 0.25) is 0 Å². The third-order valence-electron chi connectivity index (χ3n) is 21.2. The third kappa shape index (κ3) is 19.6. The van der Waals surface area contributed by atoms with Gasteiger partial charge in [-0.25, -0.2) is 0 Å². The Morgan fingerprint density at radius 2 is 0.635 bits per heavy atom. The first kappa shape index (κ1) is 77.4. The molecule has 2 atom stereocenters. The number of rotatable bonds is 52. The molecule has 4 aromatic rings. The molecule has 8 rings (SSSR count). The summed E-state index contributed by atoms with van der Waals surface area (Å²) in [6.07, 6.45) is 50.9. The fraction of sp³-hybridized carbons (Fsp3) is 0.667. The van der Waals surface area contributed by atoms with E-state index in [-0.39, 0.29) is 35.7 Å². The van der Waals surface area contributed by atoms with Gasteiger partial charge in [-0.1, -0.05) is 299 Å². The molecule has 0 saturated carbocycles. The van der Waals surface area contributed by atoms with Crippen molar-refractivity contribution >= 4 is 91.8 Å². The lowest BCUT2D eigenvalue weighted by Gasteiger charge is -2.34. The molecule has 2 unspecified atom stereocenters. The molecule has 530 valence electrons. The fourth-order valence-electron chi connectivity index (χ4n) is 15.7. The van der Waals surface area contributed by atoms with E-state index in [1.807, 2.05) is 9.80 Å². The van der Waals surface area contributed by atoms with E-state index in [0.717, 1.165) is 172 Å². The number of aryl methyl sites for hydroxylation is 2. The molecule has 0 saturated heterocycles. The SMILES string of the molecule is C=C1c2c(C)sc(-c3sc(-c4ccc(C5=C6C(=O)N(C(CCCCCCCC)CCCCCCCCCC)C(c7ccc(C)s7)=C6C(=O)N5C(CCCCCCCC)CCCCCCCCCC)s4)c4c3C(=C)N(CCCCCCCC)C4=O)c2C(=O)N1CCCCCCCC. The Kier molecular flexibility index (Phi) is 32.9. The maximum absolute atomic E-state index is 16.6. The molecule has 96 heavy (non-hydrogen) atoms. The zero-order valence-electron chi connectivity index (χ0n) is 61.5. The van der Waals surface area contributed by atoms with Gasteiger partial charge in [0.25, 0.3) is 23.6 Å². The fourth-order valence-corrected chi connectivity index (χ4v) is 20.4. The average Bonchev–Trinajstić information content (AvgIpc) is 1.56. The van der Waals surface area contributed by atoms with Crippen molar-refractivity contribution in [3.8, 4) is 19.5 Å². The third-order valence-corrected chi connectivity index (χ3v) is 26.0. The predicted molar refractivity (Wildman–Crippen MR) is 417 cm³/mol. The van der Waals surface area contributed by atoms with E-state index >= 15 is 14.4 Å². The predicted octanol–water partition coefficient (Wildman–Crippen LogP) is 26.6. The molecule has 4 amide bonds. The molecule has 0 fully saturated rings. The molecule has 0 bridgehead atoms. The summed E-state index contributed by atoms with van der Waals surface area (Å²) >= 11 is 6.62. The van der Waals surface area contributed by atoms with E-state index in [0.29, 0.717) is 41.1 Å². The Labute approximate surface area is 599 Å². The van der Waals surface area contributed by atoms with Crippen LogP contribution in [0.1, 0.15) is 375 Å². The second-order valence-corrected chi connectivity index (χ2v) is 33.5. The number of amides is 4. The van der Waals surface area contributed by atoms with Gasteiger partial charge in [-0.15, -0.1) is 45.3 Å². The van der Waals surface area contributed by atoms with Gasteiger partial charge in [0, 0.05) is 62.3 Å². The van der Waals surface area contributed by atoms with E-state index in [2.05, 4.69) is 96.0 Å². The molecule has 0 N–H and O–H groups in total. The first-order chi connectivity index (χ1) is 46.9.